The van der Waals surface area contributed by atoms with E-state index in [1.165, 1.54) is 6.20 Å². The minimum atomic E-state index is -0.324. The highest BCUT2D eigenvalue weighted by atomic mass is 16.1. The molecule has 6 heteroatoms. The second kappa shape index (κ2) is 6.10. The Labute approximate surface area is 117 Å². The molecule has 6 nitrogen and oxygen atoms in total. The van der Waals surface area contributed by atoms with E-state index in [0.29, 0.717) is 11.6 Å². The number of carbonyl (C=O) groups is 1. The molecule has 104 valence electrons. The molecule has 2 N–H and O–H groups in total. The zero-order valence-electron chi connectivity index (χ0n) is 11.8. The molecule has 0 aliphatic heterocycles. The summed E-state index contributed by atoms with van der Waals surface area (Å²) in [5, 5.41) is 5.74. The summed E-state index contributed by atoms with van der Waals surface area (Å²) in [4.78, 5) is 24.6. The van der Waals surface area contributed by atoms with Gasteiger partial charge in [0.05, 0.1) is 12.4 Å². The van der Waals surface area contributed by atoms with E-state index in [-0.39, 0.29) is 11.6 Å². The number of carbonyl (C=O) groups excluding carboxylic acids is 1. The minimum Gasteiger partial charge on any atom is -0.369 e. The van der Waals surface area contributed by atoms with Gasteiger partial charge in [-0.15, -0.1) is 0 Å². The molecule has 0 saturated heterocycles. The highest BCUT2D eigenvalue weighted by Crippen LogP contribution is 2.10. The molecule has 0 saturated carbocycles. The summed E-state index contributed by atoms with van der Waals surface area (Å²) in [7, 11) is 0. The zero-order chi connectivity index (χ0) is 14.5. The van der Waals surface area contributed by atoms with Crippen molar-refractivity contribution in [2.24, 2.45) is 0 Å². The number of nitrogens with zero attached hydrogens (tertiary/aromatic N) is 3. The van der Waals surface area contributed by atoms with Crippen molar-refractivity contribution < 1.29 is 4.79 Å². The lowest BCUT2D eigenvalue weighted by Crippen LogP contribution is -2.16. The van der Waals surface area contributed by atoms with Crippen molar-refractivity contribution in [1.29, 1.82) is 0 Å². The first kappa shape index (κ1) is 13.9. The number of rotatable bonds is 4. The third-order valence-corrected chi connectivity index (χ3v) is 2.56. The first-order chi connectivity index (χ1) is 9.58. The summed E-state index contributed by atoms with van der Waals surface area (Å²) < 4.78 is 0. The fourth-order valence-corrected chi connectivity index (χ4v) is 1.83. The number of hydrogen-bond donors (Lipinski definition) is 2. The molecule has 0 unspecified atom stereocenters. The average Bonchev–Trinajstić information content (AvgIpc) is 2.38. The van der Waals surface area contributed by atoms with Gasteiger partial charge in [0.2, 0.25) is 0 Å². The maximum atomic E-state index is 12.1. The smallest absolute Gasteiger partial charge is 0.277 e. The second-order valence-corrected chi connectivity index (χ2v) is 4.45. The molecular weight excluding hydrogens is 254 g/mol. The van der Waals surface area contributed by atoms with E-state index < -0.39 is 0 Å². The van der Waals surface area contributed by atoms with E-state index in [1.54, 1.807) is 6.20 Å². The molecule has 0 aliphatic rings. The van der Waals surface area contributed by atoms with Crippen LogP contribution in [0, 0.1) is 13.8 Å². The second-order valence-electron chi connectivity index (χ2n) is 4.45. The standard InChI is InChI=1S/C14H17N5O/c1-4-16-13-8-15-7-11(18-13)14(20)19-12-6-9(2)5-10(3)17-12/h5-8H,4H2,1-3H3,(H,16,18)(H,17,19,20). The summed E-state index contributed by atoms with van der Waals surface area (Å²) in [5.74, 6) is 0.770. The fourth-order valence-electron chi connectivity index (χ4n) is 1.83. The van der Waals surface area contributed by atoms with Crippen LogP contribution in [-0.4, -0.2) is 27.4 Å². The number of hydrogen-bond acceptors (Lipinski definition) is 5. The van der Waals surface area contributed by atoms with Crippen molar-refractivity contribution in [2.45, 2.75) is 20.8 Å². The van der Waals surface area contributed by atoms with E-state index in [2.05, 4.69) is 25.6 Å². The molecule has 2 heterocycles. The van der Waals surface area contributed by atoms with Gasteiger partial charge in [-0.25, -0.2) is 9.97 Å². The highest BCUT2D eigenvalue weighted by Gasteiger charge is 2.10. The monoisotopic (exact) mass is 271 g/mol. The molecule has 20 heavy (non-hydrogen) atoms. The number of pyridine rings is 1. The lowest BCUT2D eigenvalue weighted by Gasteiger charge is -2.07. The van der Waals surface area contributed by atoms with Crippen LogP contribution in [0.2, 0.25) is 0 Å². The molecule has 2 rings (SSSR count). The van der Waals surface area contributed by atoms with E-state index >= 15 is 0 Å². The first-order valence-electron chi connectivity index (χ1n) is 6.41. The fraction of sp³-hybridized carbons (Fsp3) is 0.286. The number of aryl methyl sites for hydroxylation is 2. The maximum Gasteiger partial charge on any atom is 0.277 e. The molecule has 0 aliphatic carbocycles. The van der Waals surface area contributed by atoms with Gasteiger partial charge in [-0.2, -0.15) is 0 Å². The van der Waals surface area contributed by atoms with Crippen molar-refractivity contribution in [3.63, 3.8) is 0 Å². The Morgan fingerprint density at radius 2 is 1.95 bits per heavy atom. The van der Waals surface area contributed by atoms with Gasteiger partial charge in [0.1, 0.15) is 17.3 Å². The SMILES string of the molecule is CCNc1cncc(C(=O)Nc2cc(C)cc(C)n2)n1. The number of anilines is 2. The lowest BCUT2D eigenvalue weighted by molar-refractivity contribution is 0.102. The van der Waals surface area contributed by atoms with Crippen molar-refractivity contribution in [3.05, 3.63) is 41.5 Å². The topological polar surface area (TPSA) is 79.8 Å². The van der Waals surface area contributed by atoms with Gasteiger partial charge in [-0.05, 0) is 38.5 Å². The van der Waals surface area contributed by atoms with E-state index in [4.69, 9.17) is 0 Å². The highest BCUT2D eigenvalue weighted by molar-refractivity contribution is 6.02. The van der Waals surface area contributed by atoms with Crippen LogP contribution >= 0.6 is 0 Å². The zero-order valence-corrected chi connectivity index (χ0v) is 11.8. The summed E-state index contributed by atoms with van der Waals surface area (Å²) in [6.07, 6.45) is 3.01. The van der Waals surface area contributed by atoms with Crippen molar-refractivity contribution in [3.8, 4) is 0 Å². The van der Waals surface area contributed by atoms with E-state index in [0.717, 1.165) is 17.8 Å². The number of amides is 1. The lowest BCUT2D eigenvalue weighted by atomic mass is 10.2. The van der Waals surface area contributed by atoms with Crippen LogP contribution in [0.3, 0.4) is 0 Å². The summed E-state index contributed by atoms with van der Waals surface area (Å²) in [5.41, 5.74) is 2.15. The van der Waals surface area contributed by atoms with Crippen LogP contribution in [0.15, 0.2) is 24.5 Å². The molecule has 2 aromatic rings. The van der Waals surface area contributed by atoms with Crippen LogP contribution in [0.1, 0.15) is 28.7 Å². The summed E-state index contributed by atoms with van der Waals surface area (Å²) >= 11 is 0. The molecule has 0 spiro atoms. The quantitative estimate of drug-likeness (QED) is 0.890. The Balaban J connectivity index is 2.17. The van der Waals surface area contributed by atoms with Gasteiger partial charge in [0, 0.05) is 12.2 Å². The van der Waals surface area contributed by atoms with Crippen LogP contribution in [0.25, 0.3) is 0 Å². The van der Waals surface area contributed by atoms with Crippen molar-refractivity contribution in [2.75, 3.05) is 17.2 Å². The predicted octanol–water partition coefficient (Wildman–Crippen LogP) is 2.17. The van der Waals surface area contributed by atoms with Crippen LogP contribution in [-0.2, 0) is 0 Å². The van der Waals surface area contributed by atoms with Gasteiger partial charge in [0.25, 0.3) is 5.91 Å². The van der Waals surface area contributed by atoms with E-state index in [9.17, 15) is 4.79 Å². The van der Waals surface area contributed by atoms with Crippen molar-refractivity contribution >= 4 is 17.5 Å². The average molecular weight is 271 g/mol. The Hall–Kier alpha value is -2.50. The number of nitrogens with one attached hydrogen (secondary N) is 2. The van der Waals surface area contributed by atoms with Crippen LogP contribution in [0.5, 0.6) is 0 Å². The number of aromatic nitrogens is 3. The van der Waals surface area contributed by atoms with Crippen LogP contribution < -0.4 is 10.6 Å². The molecule has 2 aromatic heterocycles. The minimum absolute atomic E-state index is 0.254. The van der Waals surface area contributed by atoms with Gasteiger partial charge >= 0.3 is 0 Å². The molecule has 0 aromatic carbocycles. The van der Waals surface area contributed by atoms with Gasteiger partial charge in [0.15, 0.2) is 0 Å². The molecular formula is C14H17N5O. The normalized spacial score (nSPS) is 10.2. The van der Waals surface area contributed by atoms with Gasteiger partial charge in [-0.1, -0.05) is 0 Å². The van der Waals surface area contributed by atoms with Gasteiger partial charge < -0.3 is 10.6 Å². The van der Waals surface area contributed by atoms with Gasteiger partial charge in [-0.3, -0.25) is 9.78 Å². The molecule has 0 radical (unpaired) electrons. The Bertz CT molecular complexity index is 606. The Kier molecular flexibility index (Phi) is 4.24. The Morgan fingerprint density at radius 1 is 1.15 bits per heavy atom. The predicted molar refractivity (Wildman–Crippen MR) is 77.9 cm³/mol. The molecule has 1 amide bonds. The molecule has 0 atom stereocenters. The third-order valence-electron chi connectivity index (χ3n) is 2.56. The summed E-state index contributed by atoms with van der Waals surface area (Å²) in [6, 6.07) is 3.76. The van der Waals surface area contributed by atoms with E-state index in [1.807, 2.05) is 32.9 Å². The summed E-state index contributed by atoms with van der Waals surface area (Å²) in [6.45, 7) is 6.51. The van der Waals surface area contributed by atoms with Crippen molar-refractivity contribution in [1.82, 2.24) is 15.0 Å². The maximum absolute atomic E-state index is 12.1. The molecule has 0 fully saturated rings. The largest absolute Gasteiger partial charge is 0.369 e. The third kappa shape index (κ3) is 3.50. The van der Waals surface area contributed by atoms with Crippen LogP contribution in [0.4, 0.5) is 11.6 Å². The Morgan fingerprint density at radius 3 is 2.65 bits per heavy atom. The molecule has 0 bridgehead atoms. The first-order valence-corrected chi connectivity index (χ1v) is 6.41.